The molecule has 1 heterocycles. The number of carbonyl (C=O) groups excluding carboxylic acids is 1. The lowest BCUT2D eigenvalue weighted by Crippen LogP contribution is -2.54. The Morgan fingerprint density at radius 3 is 2.36 bits per heavy atom. The van der Waals surface area contributed by atoms with E-state index < -0.39 is 0 Å². The smallest absolute Gasteiger partial charge is 0.244 e. The molecular weight excluding hydrogens is 352 g/mol. The standard InChI is InChI=1S/C22H28N4O2/c1-14-6-20(26-28-14)24-21(27)13-23-18-4-2-3-5-19(18)25-22-10-15-7-16(11-22)9-17(8-15)12-22/h2-6,15-17,23,25H,7-13H2,1H3,(H,24,26,27). The summed E-state index contributed by atoms with van der Waals surface area (Å²) in [6.07, 6.45) is 8.17. The van der Waals surface area contributed by atoms with Gasteiger partial charge >= 0.3 is 0 Å². The number of hydrogen-bond acceptors (Lipinski definition) is 5. The van der Waals surface area contributed by atoms with Crippen LogP contribution in [0.3, 0.4) is 0 Å². The van der Waals surface area contributed by atoms with E-state index in [1.807, 2.05) is 12.1 Å². The Morgan fingerprint density at radius 1 is 1.11 bits per heavy atom. The van der Waals surface area contributed by atoms with Crippen molar-refractivity contribution in [3.8, 4) is 0 Å². The molecule has 4 aliphatic carbocycles. The summed E-state index contributed by atoms with van der Waals surface area (Å²) in [4.78, 5) is 12.2. The van der Waals surface area contributed by atoms with Gasteiger partial charge in [-0.25, -0.2) is 0 Å². The molecule has 4 fully saturated rings. The Balaban J connectivity index is 1.25. The van der Waals surface area contributed by atoms with Crippen LogP contribution in [-0.4, -0.2) is 23.1 Å². The van der Waals surface area contributed by atoms with Crippen LogP contribution in [-0.2, 0) is 4.79 Å². The monoisotopic (exact) mass is 380 g/mol. The van der Waals surface area contributed by atoms with Crippen molar-refractivity contribution in [1.29, 1.82) is 0 Å². The second-order valence-electron chi connectivity index (χ2n) is 9.09. The number of hydrogen-bond donors (Lipinski definition) is 3. The van der Waals surface area contributed by atoms with Crippen molar-refractivity contribution in [2.45, 2.75) is 51.0 Å². The van der Waals surface area contributed by atoms with Crippen LogP contribution in [0.1, 0.15) is 44.3 Å². The van der Waals surface area contributed by atoms with E-state index in [0.29, 0.717) is 11.6 Å². The third-order valence-corrected chi connectivity index (χ3v) is 6.70. The molecule has 0 unspecified atom stereocenters. The van der Waals surface area contributed by atoms with Crippen LogP contribution in [0.2, 0.25) is 0 Å². The van der Waals surface area contributed by atoms with Crippen molar-refractivity contribution < 1.29 is 9.32 Å². The van der Waals surface area contributed by atoms with Gasteiger partial charge in [0.15, 0.2) is 5.82 Å². The lowest BCUT2D eigenvalue weighted by atomic mass is 9.53. The molecule has 1 amide bonds. The third-order valence-electron chi connectivity index (χ3n) is 6.70. The summed E-state index contributed by atoms with van der Waals surface area (Å²) in [6, 6.07) is 9.94. The summed E-state index contributed by atoms with van der Waals surface area (Å²) in [5.74, 6) is 3.68. The Morgan fingerprint density at radius 2 is 1.75 bits per heavy atom. The molecule has 6 rings (SSSR count). The van der Waals surface area contributed by atoms with E-state index >= 15 is 0 Å². The van der Waals surface area contributed by atoms with Crippen LogP contribution in [0.5, 0.6) is 0 Å². The van der Waals surface area contributed by atoms with Gasteiger partial charge in [-0.2, -0.15) is 0 Å². The first-order chi connectivity index (χ1) is 13.6. The van der Waals surface area contributed by atoms with Crippen LogP contribution in [0, 0.1) is 24.7 Å². The molecule has 0 spiro atoms. The number of aryl methyl sites for hydroxylation is 1. The lowest BCUT2D eigenvalue weighted by Gasteiger charge is -2.57. The maximum atomic E-state index is 12.2. The number of para-hydroxylation sites is 2. The summed E-state index contributed by atoms with van der Waals surface area (Å²) < 4.78 is 4.99. The van der Waals surface area contributed by atoms with Crippen LogP contribution >= 0.6 is 0 Å². The molecule has 4 bridgehead atoms. The Kier molecular flexibility index (Phi) is 4.29. The first-order valence-electron chi connectivity index (χ1n) is 10.4. The molecule has 1 aromatic heterocycles. The molecule has 3 N–H and O–H groups in total. The highest BCUT2D eigenvalue weighted by Gasteiger charge is 2.51. The van der Waals surface area contributed by atoms with Gasteiger partial charge in [0.2, 0.25) is 5.91 Å². The number of amides is 1. The van der Waals surface area contributed by atoms with Gasteiger partial charge in [-0.1, -0.05) is 17.3 Å². The Labute approximate surface area is 165 Å². The van der Waals surface area contributed by atoms with Gasteiger partial charge in [0.25, 0.3) is 0 Å². The number of rotatable bonds is 6. The van der Waals surface area contributed by atoms with Crippen molar-refractivity contribution in [3.63, 3.8) is 0 Å². The number of carbonyl (C=O) groups is 1. The van der Waals surface area contributed by atoms with Gasteiger partial charge in [-0.3, -0.25) is 4.79 Å². The molecule has 1 aromatic carbocycles. The molecule has 0 saturated heterocycles. The maximum absolute atomic E-state index is 12.2. The molecular formula is C22H28N4O2. The molecule has 0 atom stereocenters. The molecule has 0 aliphatic heterocycles. The molecule has 4 aliphatic rings. The van der Waals surface area contributed by atoms with Gasteiger partial charge in [0.1, 0.15) is 5.76 Å². The highest BCUT2D eigenvalue weighted by atomic mass is 16.5. The average molecular weight is 380 g/mol. The second-order valence-corrected chi connectivity index (χ2v) is 9.09. The maximum Gasteiger partial charge on any atom is 0.244 e. The van der Waals surface area contributed by atoms with Gasteiger partial charge in [-0.05, 0) is 75.3 Å². The highest BCUT2D eigenvalue weighted by molar-refractivity contribution is 5.93. The number of anilines is 3. The quantitative estimate of drug-likeness (QED) is 0.692. The zero-order valence-electron chi connectivity index (χ0n) is 16.3. The predicted octanol–water partition coefficient (Wildman–Crippen LogP) is 4.41. The normalized spacial score (nSPS) is 30.2. The summed E-state index contributed by atoms with van der Waals surface area (Å²) >= 11 is 0. The van der Waals surface area contributed by atoms with Gasteiger partial charge in [0, 0.05) is 11.6 Å². The van der Waals surface area contributed by atoms with E-state index in [1.165, 1.54) is 38.5 Å². The van der Waals surface area contributed by atoms with Crippen LogP contribution in [0.4, 0.5) is 17.2 Å². The number of benzene rings is 1. The number of nitrogens with zero attached hydrogens (tertiary/aromatic N) is 1. The summed E-state index contributed by atoms with van der Waals surface area (Å²) in [7, 11) is 0. The van der Waals surface area contributed by atoms with Crippen LogP contribution < -0.4 is 16.0 Å². The SMILES string of the molecule is Cc1cc(NC(=O)CNc2ccccc2NC23CC4CC(CC(C4)C2)C3)no1. The largest absolute Gasteiger partial charge is 0.378 e. The van der Waals surface area contributed by atoms with Crippen molar-refractivity contribution in [1.82, 2.24) is 5.16 Å². The van der Waals surface area contributed by atoms with E-state index in [2.05, 4.69) is 33.2 Å². The predicted molar refractivity (Wildman–Crippen MR) is 109 cm³/mol. The molecule has 28 heavy (non-hydrogen) atoms. The fourth-order valence-corrected chi connectivity index (χ4v) is 6.08. The van der Waals surface area contributed by atoms with Crippen molar-refractivity contribution in [2.24, 2.45) is 17.8 Å². The van der Waals surface area contributed by atoms with Crippen molar-refractivity contribution in [2.75, 3.05) is 22.5 Å². The van der Waals surface area contributed by atoms with E-state index in [1.54, 1.807) is 13.0 Å². The van der Waals surface area contributed by atoms with E-state index in [9.17, 15) is 4.79 Å². The fraction of sp³-hybridized carbons (Fsp3) is 0.545. The van der Waals surface area contributed by atoms with Crippen molar-refractivity contribution in [3.05, 3.63) is 36.1 Å². The first kappa shape index (κ1) is 17.6. The Bertz CT molecular complexity index is 840. The minimum Gasteiger partial charge on any atom is -0.378 e. The molecule has 148 valence electrons. The second kappa shape index (κ2) is 6.83. The average Bonchev–Trinajstić information content (AvgIpc) is 3.04. The number of aromatic nitrogens is 1. The minimum atomic E-state index is -0.141. The zero-order valence-corrected chi connectivity index (χ0v) is 16.3. The van der Waals surface area contributed by atoms with Crippen LogP contribution in [0.25, 0.3) is 0 Å². The minimum absolute atomic E-state index is 0.141. The Hall–Kier alpha value is -2.50. The number of nitrogens with one attached hydrogen (secondary N) is 3. The zero-order chi connectivity index (χ0) is 19.1. The topological polar surface area (TPSA) is 79.2 Å². The lowest BCUT2D eigenvalue weighted by molar-refractivity contribution is -0.114. The summed E-state index contributed by atoms with van der Waals surface area (Å²) in [5, 5.41) is 13.8. The molecule has 6 heteroatoms. The van der Waals surface area contributed by atoms with Gasteiger partial charge in [-0.15, -0.1) is 0 Å². The van der Waals surface area contributed by atoms with Gasteiger partial charge in [0.05, 0.1) is 17.9 Å². The molecule has 2 aromatic rings. The summed E-state index contributed by atoms with van der Waals surface area (Å²) in [6.45, 7) is 1.98. The summed E-state index contributed by atoms with van der Waals surface area (Å²) in [5.41, 5.74) is 2.33. The highest BCUT2D eigenvalue weighted by Crippen LogP contribution is 2.56. The fourth-order valence-electron chi connectivity index (χ4n) is 6.08. The molecule has 6 nitrogen and oxygen atoms in total. The molecule has 4 saturated carbocycles. The van der Waals surface area contributed by atoms with Crippen LogP contribution in [0.15, 0.2) is 34.9 Å². The van der Waals surface area contributed by atoms with Crippen molar-refractivity contribution >= 4 is 23.1 Å². The van der Waals surface area contributed by atoms with E-state index in [4.69, 9.17) is 4.52 Å². The third kappa shape index (κ3) is 3.48. The molecule has 0 radical (unpaired) electrons. The van der Waals surface area contributed by atoms with E-state index in [-0.39, 0.29) is 18.0 Å². The van der Waals surface area contributed by atoms with Gasteiger partial charge < -0.3 is 20.5 Å². The van der Waals surface area contributed by atoms with E-state index in [0.717, 1.165) is 29.1 Å². The first-order valence-corrected chi connectivity index (χ1v) is 10.4.